The Labute approximate surface area is 149 Å². The van der Waals surface area contributed by atoms with Crippen molar-refractivity contribution in [1.82, 2.24) is 9.97 Å². The molecule has 0 amide bonds. The van der Waals surface area contributed by atoms with Gasteiger partial charge in [-0.3, -0.25) is 0 Å². The number of H-pyrrole nitrogens is 1. The molecule has 128 valence electrons. The molecule has 1 heterocycles. The third-order valence-electron chi connectivity index (χ3n) is 4.89. The van der Waals surface area contributed by atoms with Crippen LogP contribution in [0.2, 0.25) is 5.02 Å². The van der Waals surface area contributed by atoms with Crippen LogP contribution in [0.5, 0.6) is 0 Å². The molecular weight excluding hydrogens is 316 g/mol. The molecular formula is C21H27ClN2. The van der Waals surface area contributed by atoms with Gasteiger partial charge in [-0.25, -0.2) is 4.98 Å². The highest BCUT2D eigenvalue weighted by molar-refractivity contribution is 6.38. The van der Waals surface area contributed by atoms with Gasteiger partial charge in [-0.2, -0.15) is 0 Å². The number of rotatable bonds is 8. The summed E-state index contributed by atoms with van der Waals surface area (Å²) in [6.07, 6.45) is 10.3. The zero-order valence-electron chi connectivity index (χ0n) is 14.8. The van der Waals surface area contributed by atoms with Crippen molar-refractivity contribution in [2.45, 2.75) is 65.2 Å². The highest BCUT2D eigenvalue weighted by Crippen LogP contribution is 2.34. The van der Waals surface area contributed by atoms with E-state index >= 15 is 0 Å². The fourth-order valence-electron chi connectivity index (χ4n) is 3.45. The second kappa shape index (κ2) is 8.02. The topological polar surface area (TPSA) is 28.7 Å². The predicted octanol–water partition coefficient (Wildman–Crippen LogP) is 6.97. The number of unbranched alkanes of at least 4 members (excludes halogenated alkanes) is 6. The van der Waals surface area contributed by atoms with Gasteiger partial charge in [0.1, 0.15) is 5.82 Å². The number of fused-ring (bicyclic) bond motifs is 3. The number of hydrogen-bond donors (Lipinski definition) is 1. The third-order valence-corrected chi connectivity index (χ3v) is 5.37. The van der Waals surface area contributed by atoms with Gasteiger partial charge in [-0.15, -0.1) is 0 Å². The summed E-state index contributed by atoms with van der Waals surface area (Å²) in [4.78, 5) is 8.38. The Hall–Kier alpha value is -1.54. The number of nitrogens with zero attached hydrogens (tertiary/aromatic N) is 1. The molecule has 0 fully saturated rings. The van der Waals surface area contributed by atoms with Gasteiger partial charge >= 0.3 is 0 Å². The lowest BCUT2D eigenvalue weighted by atomic mass is 10.1. The van der Waals surface area contributed by atoms with Crippen molar-refractivity contribution >= 4 is 33.4 Å². The fraction of sp³-hybridized carbons (Fsp3) is 0.476. The van der Waals surface area contributed by atoms with Crippen LogP contribution in [0.1, 0.15) is 63.3 Å². The summed E-state index contributed by atoms with van der Waals surface area (Å²) >= 11 is 6.55. The molecule has 2 aromatic carbocycles. The summed E-state index contributed by atoms with van der Waals surface area (Å²) in [6, 6.07) is 8.30. The first-order chi connectivity index (χ1) is 11.7. The third kappa shape index (κ3) is 3.59. The van der Waals surface area contributed by atoms with Gasteiger partial charge in [0.25, 0.3) is 0 Å². The van der Waals surface area contributed by atoms with E-state index in [1.165, 1.54) is 50.3 Å². The molecule has 0 radical (unpaired) electrons. The average molecular weight is 343 g/mol. The van der Waals surface area contributed by atoms with Crippen molar-refractivity contribution in [2.24, 2.45) is 0 Å². The molecule has 3 rings (SSSR count). The SMILES string of the molecule is CCCCCCCCCc1nc2c(C)c(Cl)c3ccccc3c2[nH]1. The van der Waals surface area contributed by atoms with Crippen LogP contribution in [-0.4, -0.2) is 9.97 Å². The molecule has 0 atom stereocenters. The highest BCUT2D eigenvalue weighted by Gasteiger charge is 2.13. The first kappa shape index (κ1) is 17.3. The van der Waals surface area contributed by atoms with E-state index in [9.17, 15) is 0 Å². The number of hydrogen-bond acceptors (Lipinski definition) is 1. The van der Waals surface area contributed by atoms with E-state index in [-0.39, 0.29) is 0 Å². The van der Waals surface area contributed by atoms with Crippen LogP contribution in [0.25, 0.3) is 21.8 Å². The minimum absolute atomic E-state index is 0.826. The standard InChI is InChI=1S/C21H27ClN2/c1-3-4-5-6-7-8-9-14-18-23-20-15(2)19(22)16-12-10-11-13-17(16)21(20)24-18/h10-13H,3-9,14H2,1-2H3,(H,23,24). The van der Waals surface area contributed by atoms with E-state index in [0.29, 0.717) is 0 Å². The van der Waals surface area contributed by atoms with Gasteiger partial charge in [-0.1, -0.05) is 81.3 Å². The predicted molar refractivity (Wildman–Crippen MR) is 105 cm³/mol. The normalized spacial score (nSPS) is 11.6. The molecule has 24 heavy (non-hydrogen) atoms. The Kier molecular flexibility index (Phi) is 5.78. The van der Waals surface area contributed by atoms with Gasteiger partial charge in [0.15, 0.2) is 0 Å². The van der Waals surface area contributed by atoms with Gasteiger partial charge in [0.2, 0.25) is 0 Å². The Bertz CT molecular complexity index is 819. The van der Waals surface area contributed by atoms with E-state index in [0.717, 1.165) is 39.3 Å². The molecule has 3 heteroatoms. The smallest absolute Gasteiger partial charge is 0.107 e. The maximum Gasteiger partial charge on any atom is 0.107 e. The molecule has 0 bridgehead atoms. The number of imidazole rings is 1. The van der Waals surface area contributed by atoms with Crippen LogP contribution in [0.3, 0.4) is 0 Å². The summed E-state index contributed by atoms with van der Waals surface area (Å²) in [5.74, 6) is 1.09. The molecule has 0 saturated heterocycles. The molecule has 1 aromatic heterocycles. The molecule has 0 saturated carbocycles. The van der Waals surface area contributed by atoms with Crippen LogP contribution < -0.4 is 0 Å². The number of halogens is 1. The van der Waals surface area contributed by atoms with Crippen LogP contribution >= 0.6 is 11.6 Å². The van der Waals surface area contributed by atoms with Crippen molar-refractivity contribution in [2.75, 3.05) is 0 Å². The van der Waals surface area contributed by atoms with Crippen LogP contribution in [0, 0.1) is 6.92 Å². The largest absolute Gasteiger partial charge is 0.341 e. The molecule has 0 unspecified atom stereocenters. The van der Waals surface area contributed by atoms with Crippen molar-refractivity contribution in [1.29, 1.82) is 0 Å². The monoisotopic (exact) mass is 342 g/mol. The van der Waals surface area contributed by atoms with E-state index in [2.05, 4.69) is 37.0 Å². The van der Waals surface area contributed by atoms with Crippen LogP contribution in [-0.2, 0) is 6.42 Å². The van der Waals surface area contributed by atoms with E-state index in [4.69, 9.17) is 16.6 Å². The van der Waals surface area contributed by atoms with Crippen LogP contribution in [0.4, 0.5) is 0 Å². The highest BCUT2D eigenvalue weighted by atomic mass is 35.5. The molecule has 0 aliphatic carbocycles. The number of aromatic amines is 1. The fourth-order valence-corrected chi connectivity index (χ4v) is 3.71. The van der Waals surface area contributed by atoms with Gasteiger partial charge in [0.05, 0.1) is 16.1 Å². The summed E-state index contributed by atoms with van der Waals surface area (Å²) < 4.78 is 0. The van der Waals surface area contributed by atoms with E-state index < -0.39 is 0 Å². The zero-order chi connectivity index (χ0) is 16.9. The number of aromatic nitrogens is 2. The minimum atomic E-state index is 0.826. The summed E-state index contributed by atoms with van der Waals surface area (Å²) in [7, 11) is 0. The quantitative estimate of drug-likeness (QED) is 0.440. The number of benzene rings is 2. The Morgan fingerprint density at radius 1 is 0.958 bits per heavy atom. The Morgan fingerprint density at radius 2 is 1.62 bits per heavy atom. The van der Waals surface area contributed by atoms with Crippen molar-refractivity contribution in [3.8, 4) is 0 Å². The molecule has 0 aliphatic heterocycles. The second-order valence-electron chi connectivity index (χ2n) is 6.76. The van der Waals surface area contributed by atoms with E-state index in [1.54, 1.807) is 0 Å². The first-order valence-electron chi connectivity index (χ1n) is 9.27. The van der Waals surface area contributed by atoms with Crippen LogP contribution in [0.15, 0.2) is 24.3 Å². The minimum Gasteiger partial charge on any atom is -0.341 e. The van der Waals surface area contributed by atoms with Gasteiger partial charge in [0, 0.05) is 17.2 Å². The van der Waals surface area contributed by atoms with E-state index in [1.807, 2.05) is 6.07 Å². The van der Waals surface area contributed by atoms with Crippen molar-refractivity contribution in [3.63, 3.8) is 0 Å². The van der Waals surface area contributed by atoms with Gasteiger partial charge in [-0.05, 0) is 18.9 Å². The maximum absolute atomic E-state index is 6.55. The van der Waals surface area contributed by atoms with Crippen molar-refractivity contribution < 1.29 is 0 Å². The summed E-state index contributed by atoms with van der Waals surface area (Å²) in [6.45, 7) is 4.33. The molecule has 0 aliphatic rings. The summed E-state index contributed by atoms with van der Waals surface area (Å²) in [5.41, 5.74) is 3.23. The number of aryl methyl sites for hydroxylation is 2. The second-order valence-corrected chi connectivity index (χ2v) is 7.14. The maximum atomic E-state index is 6.55. The van der Waals surface area contributed by atoms with Crippen molar-refractivity contribution in [3.05, 3.63) is 40.7 Å². The Balaban J connectivity index is 1.72. The lowest BCUT2D eigenvalue weighted by Gasteiger charge is -2.05. The lowest BCUT2D eigenvalue weighted by molar-refractivity contribution is 0.585. The lowest BCUT2D eigenvalue weighted by Crippen LogP contribution is -1.88. The number of nitrogens with one attached hydrogen (secondary N) is 1. The molecule has 2 nitrogen and oxygen atoms in total. The molecule has 0 spiro atoms. The first-order valence-corrected chi connectivity index (χ1v) is 9.65. The Morgan fingerprint density at radius 3 is 2.38 bits per heavy atom. The summed E-state index contributed by atoms with van der Waals surface area (Å²) in [5, 5.41) is 3.10. The van der Waals surface area contributed by atoms with Gasteiger partial charge < -0.3 is 4.98 Å². The molecule has 1 N–H and O–H groups in total. The zero-order valence-corrected chi connectivity index (χ0v) is 15.5. The molecule has 3 aromatic rings. The average Bonchev–Trinajstić information content (AvgIpc) is 3.03.